The van der Waals surface area contributed by atoms with Crippen molar-refractivity contribution in [1.29, 1.82) is 0 Å². The Bertz CT molecular complexity index is 346. The number of ether oxygens (including phenoxy) is 3. The van der Waals surface area contributed by atoms with Gasteiger partial charge in [0.15, 0.2) is 0 Å². The van der Waals surface area contributed by atoms with Crippen molar-refractivity contribution in [2.75, 3.05) is 33.5 Å². The summed E-state index contributed by atoms with van der Waals surface area (Å²) in [7, 11) is 1.67. The van der Waals surface area contributed by atoms with Gasteiger partial charge in [0.2, 0.25) is 0 Å². The first-order valence-electron chi connectivity index (χ1n) is 6.33. The van der Waals surface area contributed by atoms with Gasteiger partial charge in [-0.1, -0.05) is 0 Å². The average molecular weight is 352 g/mol. The molecule has 2 unspecified atom stereocenters. The lowest BCUT2D eigenvalue weighted by atomic mass is 10.1. The Morgan fingerprint density at radius 1 is 1.32 bits per heavy atom. The third-order valence-corrected chi connectivity index (χ3v) is 4.26. The third-order valence-electron chi connectivity index (χ3n) is 2.51. The van der Waals surface area contributed by atoms with Crippen molar-refractivity contribution in [3.8, 4) is 0 Å². The van der Waals surface area contributed by atoms with E-state index in [0.717, 1.165) is 15.8 Å². The SMILES string of the molecule is COCCOCCCOC(c1cc(Br)cs1)C(C)N. The van der Waals surface area contributed by atoms with Crippen molar-refractivity contribution in [2.45, 2.75) is 25.5 Å². The molecule has 0 amide bonds. The number of nitrogens with two attached hydrogens (primary N) is 1. The normalized spacial score (nSPS) is 14.5. The minimum atomic E-state index is -0.0460. The lowest BCUT2D eigenvalue weighted by molar-refractivity contribution is 0.0159. The molecule has 0 aromatic carbocycles. The van der Waals surface area contributed by atoms with Crippen LogP contribution in [0.15, 0.2) is 15.9 Å². The van der Waals surface area contributed by atoms with Crippen molar-refractivity contribution >= 4 is 27.3 Å². The summed E-state index contributed by atoms with van der Waals surface area (Å²) < 4.78 is 17.2. The van der Waals surface area contributed by atoms with Gasteiger partial charge < -0.3 is 19.9 Å². The van der Waals surface area contributed by atoms with Gasteiger partial charge in [-0.05, 0) is 35.3 Å². The van der Waals surface area contributed by atoms with Crippen LogP contribution in [0, 0.1) is 0 Å². The van der Waals surface area contributed by atoms with Crippen LogP contribution in [0.5, 0.6) is 0 Å². The van der Waals surface area contributed by atoms with Crippen LogP contribution >= 0.6 is 27.3 Å². The molecule has 19 heavy (non-hydrogen) atoms. The van der Waals surface area contributed by atoms with Crippen molar-refractivity contribution in [1.82, 2.24) is 0 Å². The monoisotopic (exact) mass is 351 g/mol. The Balaban J connectivity index is 2.24. The summed E-state index contributed by atoms with van der Waals surface area (Å²) in [5.41, 5.74) is 5.98. The molecule has 0 aliphatic rings. The van der Waals surface area contributed by atoms with Crippen LogP contribution in [0.4, 0.5) is 0 Å². The molecule has 0 bridgehead atoms. The van der Waals surface area contributed by atoms with Crippen molar-refractivity contribution < 1.29 is 14.2 Å². The maximum absolute atomic E-state index is 5.98. The number of thiophene rings is 1. The topological polar surface area (TPSA) is 53.7 Å². The van der Waals surface area contributed by atoms with Gasteiger partial charge in [0, 0.05) is 41.1 Å². The van der Waals surface area contributed by atoms with Crippen LogP contribution in [0.25, 0.3) is 0 Å². The zero-order chi connectivity index (χ0) is 14.1. The molecule has 1 aromatic rings. The predicted octanol–water partition coefficient (Wildman–Crippen LogP) is 2.97. The lowest BCUT2D eigenvalue weighted by Crippen LogP contribution is -2.26. The second kappa shape index (κ2) is 9.85. The molecule has 1 heterocycles. The van der Waals surface area contributed by atoms with E-state index in [2.05, 4.69) is 22.0 Å². The molecule has 0 radical (unpaired) electrons. The van der Waals surface area contributed by atoms with Gasteiger partial charge in [-0.15, -0.1) is 11.3 Å². The molecule has 0 aliphatic heterocycles. The molecule has 0 aliphatic carbocycles. The van der Waals surface area contributed by atoms with Crippen molar-refractivity contribution in [2.24, 2.45) is 5.73 Å². The first kappa shape index (κ1) is 17.1. The molecule has 1 rings (SSSR count). The number of methoxy groups -OCH3 is 1. The van der Waals surface area contributed by atoms with E-state index in [1.165, 1.54) is 0 Å². The quantitative estimate of drug-likeness (QED) is 0.658. The summed E-state index contributed by atoms with van der Waals surface area (Å²) in [6.45, 7) is 4.56. The highest BCUT2D eigenvalue weighted by Gasteiger charge is 2.18. The fourth-order valence-electron chi connectivity index (χ4n) is 1.59. The van der Waals surface area contributed by atoms with E-state index in [0.29, 0.717) is 26.4 Å². The van der Waals surface area contributed by atoms with Gasteiger partial charge in [0.25, 0.3) is 0 Å². The van der Waals surface area contributed by atoms with Gasteiger partial charge >= 0.3 is 0 Å². The Morgan fingerprint density at radius 2 is 2.11 bits per heavy atom. The molecule has 2 N–H and O–H groups in total. The Labute approximate surface area is 127 Å². The minimum Gasteiger partial charge on any atom is -0.382 e. The zero-order valence-corrected chi connectivity index (χ0v) is 13.8. The minimum absolute atomic E-state index is 0.0278. The summed E-state index contributed by atoms with van der Waals surface area (Å²) in [6.07, 6.45) is 0.815. The number of halogens is 1. The van der Waals surface area contributed by atoms with Crippen LogP contribution in [0.1, 0.15) is 24.3 Å². The highest BCUT2D eigenvalue weighted by atomic mass is 79.9. The van der Waals surface area contributed by atoms with Crippen LogP contribution in [-0.4, -0.2) is 39.6 Å². The van der Waals surface area contributed by atoms with Crippen LogP contribution in [0.3, 0.4) is 0 Å². The predicted molar refractivity (Wildman–Crippen MR) is 81.7 cm³/mol. The highest BCUT2D eigenvalue weighted by molar-refractivity contribution is 9.10. The van der Waals surface area contributed by atoms with E-state index in [-0.39, 0.29) is 12.1 Å². The number of hydrogen-bond donors (Lipinski definition) is 1. The molecule has 2 atom stereocenters. The van der Waals surface area contributed by atoms with E-state index < -0.39 is 0 Å². The van der Waals surface area contributed by atoms with Gasteiger partial charge in [-0.2, -0.15) is 0 Å². The summed E-state index contributed by atoms with van der Waals surface area (Å²) >= 11 is 5.11. The van der Waals surface area contributed by atoms with Crippen molar-refractivity contribution in [3.05, 3.63) is 20.8 Å². The molecule has 110 valence electrons. The van der Waals surface area contributed by atoms with E-state index >= 15 is 0 Å². The fourth-order valence-corrected chi connectivity index (χ4v) is 3.19. The summed E-state index contributed by atoms with van der Waals surface area (Å²) in [5, 5.41) is 2.04. The largest absolute Gasteiger partial charge is 0.382 e. The smallest absolute Gasteiger partial charge is 0.106 e. The van der Waals surface area contributed by atoms with E-state index in [1.54, 1.807) is 18.4 Å². The highest BCUT2D eigenvalue weighted by Crippen LogP contribution is 2.29. The maximum Gasteiger partial charge on any atom is 0.106 e. The van der Waals surface area contributed by atoms with Gasteiger partial charge in [0.05, 0.1) is 13.2 Å². The lowest BCUT2D eigenvalue weighted by Gasteiger charge is -2.20. The van der Waals surface area contributed by atoms with Gasteiger partial charge in [-0.25, -0.2) is 0 Å². The number of rotatable bonds is 10. The van der Waals surface area contributed by atoms with Gasteiger partial charge in [-0.3, -0.25) is 0 Å². The molecular weight excluding hydrogens is 330 g/mol. The molecular formula is C13H22BrNO3S. The summed E-state index contributed by atoms with van der Waals surface area (Å²) in [4.78, 5) is 1.15. The average Bonchev–Trinajstić information content (AvgIpc) is 2.78. The summed E-state index contributed by atoms with van der Waals surface area (Å²) in [5.74, 6) is 0. The van der Waals surface area contributed by atoms with Crippen molar-refractivity contribution in [3.63, 3.8) is 0 Å². The van der Waals surface area contributed by atoms with E-state index in [9.17, 15) is 0 Å². The fraction of sp³-hybridized carbons (Fsp3) is 0.692. The molecule has 0 saturated carbocycles. The standard InChI is InChI=1S/C13H22BrNO3S/c1-10(15)13(12-8-11(14)9-19-12)18-5-3-4-17-7-6-16-2/h8-10,13H,3-7,15H2,1-2H3. The van der Waals surface area contributed by atoms with Crippen LogP contribution in [0.2, 0.25) is 0 Å². The Kier molecular flexibility index (Phi) is 8.85. The first-order chi connectivity index (χ1) is 9.15. The molecule has 1 aromatic heterocycles. The van der Waals surface area contributed by atoms with Gasteiger partial charge in [0.1, 0.15) is 6.10 Å². The van der Waals surface area contributed by atoms with Crippen LogP contribution < -0.4 is 5.73 Å². The Morgan fingerprint density at radius 3 is 2.68 bits per heavy atom. The van der Waals surface area contributed by atoms with E-state index in [1.807, 2.05) is 12.3 Å². The van der Waals surface area contributed by atoms with Crippen LogP contribution in [-0.2, 0) is 14.2 Å². The molecule has 6 heteroatoms. The first-order valence-corrected chi connectivity index (χ1v) is 8.00. The molecule has 0 saturated heterocycles. The maximum atomic E-state index is 5.98. The molecule has 4 nitrogen and oxygen atoms in total. The van der Waals surface area contributed by atoms with E-state index in [4.69, 9.17) is 19.9 Å². The second-order valence-corrected chi connectivity index (χ2v) is 6.14. The molecule has 0 spiro atoms. The summed E-state index contributed by atoms with van der Waals surface area (Å²) in [6, 6.07) is 2.04. The Hall–Kier alpha value is 0.0200. The molecule has 0 fully saturated rings. The number of hydrogen-bond acceptors (Lipinski definition) is 5. The third kappa shape index (κ3) is 6.83. The second-order valence-electron chi connectivity index (χ2n) is 4.28. The zero-order valence-electron chi connectivity index (χ0n) is 11.4.